The van der Waals surface area contributed by atoms with Crippen LogP contribution in [0.4, 0.5) is 0 Å². The molecule has 1 unspecified atom stereocenters. The normalized spacial score (nSPS) is 12.4. The Morgan fingerprint density at radius 2 is 2.29 bits per heavy atom. The maximum absolute atomic E-state index is 5.59. The molecule has 1 radical (unpaired) electrons. The number of hydrogen-bond acceptors (Lipinski definition) is 2. The van der Waals surface area contributed by atoms with Crippen LogP contribution in [0, 0.1) is 6.07 Å². The van der Waals surface area contributed by atoms with Gasteiger partial charge in [-0.25, -0.2) is 0 Å². The van der Waals surface area contributed by atoms with Gasteiger partial charge in [0.05, 0.1) is 0 Å². The summed E-state index contributed by atoms with van der Waals surface area (Å²) in [6, 6.07) is 10.6. The van der Waals surface area contributed by atoms with Crippen molar-refractivity contribution in [2.75, 3.05) is 7.11 Å². The number of para-hydroxylation sites is 1. The minimum Gasteiger partial charge on any atom is -0.464 e. The van der Waals surface area contributed by atoms with Gasteiger partial charge >= 0.3 is 0 Å². The van der Waals surface area contributed by atoms with Crippen molar-refractivity contribution in [1.29, 1.82) is 0 Å². The number of unbranched alkanes of at least 4 members (excludes halogenated alkanes) is 1. The molecule has 2 nitrogen and oxygen atoms in total. The molecule has 2 heteroatoms. The van der Waals surface area contributed by atoms with Gasteiger partial charge in [0.15, 0.2) is 6.29 Å². The third-order valence-corrected chi connectivity index (χ3v) is 2.00. The van der Waals surface area contributed by atoms with Crippen molar-refractivity contribution in [3.8, 4) is 5.75 Å². The molecule has 0 amide bonds. The van der Waals surface area contributed by atoms with Gasteiger partial charge in [-0.2, -0.15) is 0 Å². The molecule has 1 aromatic rings. The van der Waals surface area contributed by atoms with Gasteiger partial charge in [-0.3, -0.25) is 0 Å². The summed E-state index contributed by atoms with van der Waals surface area (Å²) in [6.45, 7) is 2.15. The van der Waals surface area contributed by atoms with Crippen molar-refractivity contribution in [3.63, 3.8) is 0 Å². The second-order valence-corrected chi connectivity index (χ2v) is 3.15. The van der Waals surface area contributed by atoms with Crippen LogP contribution < -0.4 is 4.74 Å². The Bertz CT molecular complexity index is 233. The molecule has 0 saturated carbocycles. The number of benzene rings is 1. The van der Waals surface area contributed by atoms with Gasteiger partial charge < -0.3 is 9.47 Å². The Balaban J connectivity index is 2.40. The molecule has 0 aliphatic carbocycles. The zero-order valence-corrected chi connectivity index (χ0v) is 8.82. The lowest BCUT2D eigenvalue weighted by molar-refractivity contribution is -0.0593. The molecule has 0 heterocycles. The standard InChI is InChI=1S/C12H17O2/c1-3-4-10-12(13-2)14-11-8-6-5-7-9-11/h5-8,12H,3-4,10H2,1-2H3. The van der Waals surface area contributed by atoms with Crippen LogP contribution in [-0.2, 0) is 4.74 Å². The second kappa shape index (κ2) is 6.44. The van der Waals surface area contributed by atoms with Crippen molar-refractivity contribution in [2.45, 2.75) is 32.5 Å². The Labute approximate surface area is 85.8 Å². The SMILES string of the molecule is CCCCC(OC)Oc1[c]cccc1. The van der Waals surface area contributed by atoms with E-state index in [-0.39, 0.29) is 6.29 Å². The Kier molecular flexibility index (Phi) is 5.08. The third-order valence-electron chi connectivity index (χ3n) is 2.00. The molecule has 0 saturated heterocycles. The summed E-state index contributed by atoms with van der Waals surface area (Å²) >= 11 is 0. The zero-order chi connectivity index (χ0) is 10.2. The van der Waals surface area contributed by atoms with Gasteiger partial charge in [0.2, 0.25) is 0 Å². The molecule has 0 bridgehead atoms. The van der Waals surface area contributed by atoms with E-state index >= 15 is 0 Å². The van der Waals surface area contributed by atoms with E-state index in [1.807, 2.05) is 24.3 Å². The number of rotatable bonds is 6. The summed E-state index contributed by atoms with van der Waals surface area (Å²) in [5, 5.41) is 0. The highest BCUT2D eigenvalue weighted by atomic mass is 16.7. The predicted molar refractivity (Wildman–Crippen MR) is 56.2 cm³/mol. The molecule has 1 aromatic carbocycles. The molecule has 0 N–H and O–H groups in total. The fourth-order valence-corrected chi connectivity index (χ4v) is 1.19. The van der Waals surface area contributed by atoms with Crippen molar-refractivity contribution >= 4 is 0 Å². The molecule has 0 fully saturated rings. The zero-order valence-electron chi connectivity index (χ0n) is 8.82. The monoisotopic (exact) mass is 193 g/mol. The molecular formula is C12H17O2. The van der Waals surface area contributed by atoms with Gasteiger partial charge in [-0.05, 0) is 12.5 Å². The summed E-state index contributed by atoms with van der Waals surface area (Å²) in [6.07, 6.45) is 3.05. The van der Waals surface area contributed by atoms with Crippen LogP contribution in [0.25, 0.3) is 0 Å². The lowest BCUT2D eigenvalue weighted by Gasteiger charge is -2.16. The highest BCUT2D eigenvalue weighted by Crippen LogP contribution is 2.13. The maximum atomic E-state index is 5.59. The molecule has 14 heavy (non-hydrogen) atoms. The number of hydrogen-bond donors (Lipinski definition) is 0. The molecule has 1 atom stereocenters. The van der Waals surface area contributed by atoms with E-state index in [0.29, 0.717) is 0 Å². The third kappa shape index (κ3) is 3.79. The van der Waals surface area contributed by atoms with Gasteiger partial charge in [-0.15, -0.1) is 0 Å². The fourth-order valence-electron chi connectivity index (χ4n) is 1.19. The van der Waals surface area contributed by atoms with Gasteiger partial charge in [-0.1, -0.05) is 31.5 Å². The Morgan fingerprint density at radius 1 is 1.43 bits per heavy atom. The fraction of sp³-hybridized carbons (Fsp3) is 0.500. The summed E-state index contributed by atoms with van der Waals surface area (Å²) in [5.41, 5.74) is 0. The highest BCUT2D eigenvalue weighted by Gasteiger charge is 2.07. The quantitative estimate of drug-likeness (QED) is 0.646. The molecule has 77 valence electrons. The molecule has 0 aliphatic heterocycles. The van der Waals surface area contributed by atoms with E-state index in [2.05, 4.69) is 13.0 Å². The first-order valence-electron chi connectivity index (χ1n) is 5.03. The minimum atomic E-state index is -0.145. The van der Waals surface area contributed by atoms with E-state index in [4.69, 9.17) is 9.47 Å². The highest BCUT2D eigenvalue weighted by molar-refractivity contribution is 5.19. The lowest BCUT2D eigenvalue weighted by atomic mass is 10.2. The van der Waals surface area contributed by atoms with Gasteiger partial charge in [0, 0.05) is 19.6 Å². The van der Waals surface area contributed by atoms with Crippen molar-refractivity contribution in [1.82, 2.24) is 0 Å². The Morgan fingerprint density at radius 3 is 2.86 bits per heavy atom. The molecule has 1 rings (SSSR count). The first-order valence-corrected chi connectivity index (χ1v) is 5.03. The van der Waals surface area contributed by atoms with E-state index in [0.717, 1.165) is 25.0 Å². The van der Waals surface area contributed by atoms with Crippen LogP contribution >= 0.6 is 0 Å². The van der Waals surface area contributed by atoms with Crippen LogP contribution in [0.3, 0.4) is 0 Å². The largest absolute Gasteiger partial charge is 0.464 e. The van der Waals surface area contributed by atoms with E-state index < -0.39 is 0 Å². The molecule has 0 aromatic heterocycles. The van der Waals surface area contributed by atoms with E-state index in [1.165, 1.54) is 0 Å². The van der Waals surface area contributed by atoms with Crippen LogP contribution in [0.15, 0.2) is 24.3 Å². The molecular weight excluding hydrogens is 176 g/mol. The van der Waals surface area contributed by atoms with Crippen molar-refractivity contribution < 1.29 is 9.47 Å². The molecule has 0 aliphatic rings. The van der Waals surface area contributed by atoms with E-state index in [9.17, 15) is 0 Å². The topological polar surface area (TPSA) is 18.5 Å². The predicted octanol–water partition coefficient (Wildman–Crippen LogP) is 3.03. The lowest BCUT2D eigenvalue weighted by Crippen LogP contribution is -2.18. The number of methoxy groups -OCH3 is 1. The summed E-state index contributed by atoms with van der Waals surface area (Å²) in [4.78, 5) is 0. The molecule has 0 spiro atoms. The van der Waals surface area contributed by atoms with Crippen LogP contribution in [0.2, 0.25) is 0 Å². The van der Waals surface area contributed by atoms with Gasteiger partial charge in [0.25, 0.3) is 0 Å². The second-order valence-electron chi connectivity index (χ2n) is 3.15. The number of ether oxygens (including phenoxy) is 2. The van der Waals surface area contributed by atoms with Gasteiger partial charge in [0.1, 0.15) is 5.75 Å². The first-order chi connectivity index (χ1) is 6.86. The summed E-state index contributed by atoms with van der Waals surface area (Å²) in [5.74, 6) is 0.746. The average molecular weight is 193 g/mol. The average Bonchev–Trinajstić information content (AvgIpc) is 2.25. The summed E-state index contributed by atoms with van der Waals surface area (Å²) < 4.78 is 10.8. The van der Waals surface area contributed by atoms with Crippen molar-refractivity contribution in [2.24, 2.45) is 0 Å². The van der Waals surface area contributed by atoms with Crippen LogP contribution in [0.5, 0.6) is 5.75 Å². The Hall–Kier alpha value is -1.02. The van der Waals surface area contributed by atoms with Crippen molar-refractivity contribution in [3.05, 3.63) is 30.3 Å². The van der Waals surface area contributed by atoms with Crippen LogP contribution in [-0.4, -0.2) is 13.4 Å². The minimum absolute atomic E-state index is 0.145. The van der Waals surface area contributed by atoms with Crippen LogP contribution in [0.1, 0.15) is 26.2 Å². The van der Waals surface area contributed by atoms with E-state index in [1.54, 1.807) is 7.11 Å². The maximum Gasteiger partial charge on any atom is 0.199 e. The first kappa shape index (κ1) is 11.1. The smallest absolute Gasteiger partial charge is 0.199 e. The summed E-state index contributed by atoms with van der Waals surface area (Å²) in [7, 11) is 1.67.